The molecule has 240 valence electrons. The van der Waals surface area contributed by atoms with Crippen LogP contribution in [-0.4, -0.2) is 112 Å². The maximum atomic E-state index is 12.4. The van der Waals surface area contributed by atoms with Crippen molar-refractivity contribution in [1.29, 1.82) is 0 Å². The van der Waals surface area contributed by atoms with Crippen LogP contribution in [0.4, 0.5) is 0 Å². The number of furan rings is 1. The predicted molar refractivity (Wildman–Crippen MR) is 150 cm³/mol. The van der Waals surface area contributed by atoms with Crippen molar-refractivity contribution < 1.29 is 58.8 Å². The van der Waals surface area contributed by atoms with E-state index < -0.39 is 72.7 Å². The highest BCUT2D eigenvalue weighted by Gasteiger charge is 2.72. The molecule has 2 saturated carbocycles. The van der Waals surface area contributed by atoms with Gasteiger partial charge in [-0.1, -0.05) is 0 Å². The minimum Gasteiger partial charge on any atom is -0.485 e. The molecule has 1 aromatic carbocycles. The van der Waals surface area contributed by atoms with Crippen LogP contribution in [0.5, 0.6) is 11.5 Å². The molecule has 1 aliphatic heterocycles. The highest BCUT2D eigenvalue weighted by molar-refractivity contribution is 5.87. The summed E-state index contributed by atoms with van der Waals surface area (Å²) in [5.74, 6) is -2.37. The van der Waals surface area contributed by atoms with Crippen LogP contribution < -0.4 is 14.8 Å². The van der Waals surface area contributed by atoms with Crippen LogP contribution in [0.2, 0.25) is 0 Å². The molecule has 1 saturated heterocycles. The molecule has 0 amide bonds. The van der Waals surface area contributed by atoms with Gasteiger partial charge in [0.1, 0.15) is 24.4 Å². The van der Waals surface area contributed by atoms with E-state index in [0.717, 1.165) is 0 Å². The Kier molecular flexibility index (Phi) is 9.54. The van der Waals surface area contributed by atoms with E-state index in [-0.39, 0.29) is 44.0 Å². The maximum Gasteiger partial charge on any atom is 0.306 e. The second-order valence-electron chi connectivity index (χ2n) is 11.8. The van der Waals surface area contributed by atoms with Crippen molar-refractivity contribution >= 4 is 16.9 Å². The summed E-state index contributed by atoms with van der Waals surface area (Å²) in [6.45, 7) is 1.44. The van der Waals surface area contributed by atoms with Gasteiger partial charge in [-0.25, -0.2) is 0 Å². The Labute approximate surface area is 249 Å². The Morgan fingerprint density at radius 3 is 2.65 bits per heavy atom. The average molecular weight is 610 g/mol. The molecule has 3 fully saturated rings. The molecule has 5 rings (SSSR count). The lowest BCUT2D eigenvalue weighted by atomic mass is 9.51. The van der Waals surface area contributed by atoms with Gasteiger partial charge in [-0.15, -0.1) is 0 Å². The summed E-state index contributed by atoms with van der Waals surface area (Å²) in [6.07, 6.45) is -3.47. The summed E-state index contributed by atoms with van der Waals surface area (Å²) in [7, 11) is 1.76. The fourth-order valence-corrected chi connectivity index (χ4v) is 7.36. The molecule has 9 atom stereocenters. The molecule has 13 heteroatoms. The molecule has 2 aliphatic carbocycles. The summed E-state index contributed by atoms with van der Waals surface area (Å²) in [5.41, 5.74) is -3.50. The zero-order chi connectivity index (χ0) is 30.9. The standard InChI is InChI=1S/C30H43NO12/c1-3-39-22(35)7-5-16-12-17-8-10-40-24(17)26(41-11-9-31-2)25(16)43-28-30(38)23-18(4-6-20(34)19(23)14-32)13-29(37,27(30)36)21(15-33)42-28/h8,10,12,18-21,23,27-28,31-34,36-38H,3-7,9,11,13-15H2,1-2H3/t18-,19-,20-,21+,23+,27-,28+,29+,30-/m0/s1. The lowest BCUT2D eigenvalue weighted by Crippen LogP contribution is -2.81. The molecule has 3 aliphatic rings. The van der Waals surface area contributed by atoms with Crippen LogP contribution in [0.15, 0.2) is 22.8 Å². The number of hydrogen-bond donors (Lipinski definition) is 7. The van der Waals surface area contributed by atoms with Gasteiger partial charge in [0.05, 0.1) is 25.6 Å². The molecule has 1 aromatic heterocycles. The number of carbonyl (C=O) groups excluding carboxylic acids is 1. The lowest BCUT2D eigenvalue weighted by molar-refractivity contribution is -0.397. The first-order chi connectivity index (χ1) is 20.6. The monoisotopic (exact) mass is 609 g/mol. The first-order valence-corrected chi connectivity index (χ1v) is 14.9. The molecule has 43 heavy (non-hydrogen) atoms. The van der Waals surface area contributed by atoms with Crippen molar-refractivity contribution in [1.82, 2.24) is 5.32 Å². The third kappa shape index (κ3) is 5.50. The van der Waals surface area contributed by atoms with Gasteiger partial charge in [0.15, 0.2) is 16.9 Å². The molecule has 2 heterocycles. The van der Waals surface area contributed by atoms with Gasteiger partial charge in [-0.2, -0.15) is 0 Å². The minimum absolute atomic E-state index is 0.00439. The Morgan fingerprint density at radius 2 is 1.95 bits per heavy atom. The first kappa shape index (κ1) is 31.9. The number of likely N-dealkylation sites (N-methyl/N-ethyl adjacent to an activating group) is 1. The van der Waals surface area contributed by atoms with E-state index in [9.17, 15) is 35.4 Å². The summed E-state index contributed by atoms with van der Waals surface area (Å²) in [4.78, 5) is 12.3. The summed E-state index contributed by atoms with van der Waals surface area (Å²) in [6, 6.07) is 3.49. The molecule has 13 nitrogen and oxygen atoms in total. The lowest BCUT2D eigenvalue weighted by Gasteiger charge is -2.64. The summed E-state index contributed by atoms with van der Waals surface area (Å²) >= 11 is 0. The number of rotatable bonds is 12. The smallest absolute Gasteiger partial charge is 0.306 e. The number of aliphatic hydroxyl groups excluding tert-OH is 4. The molecule has 0 radical (unpaired) electrons. The Balaban J connectivity index is 1.62. The minimum atomic E-state index is -2.32. The zero-order valence-electron chi connectivity index (χ0n) is 24.5. The Morgan fingerprint density at radius 1 is 1.16 bits per heavy atom. The molecule has 2 bridgehead atoms. The first-order valence-electron chi connectivity index (χ1n) is 14.9. The third-order valence-electron chi connectivity index (χ3n) is 9.39. The largest absolute Gasteiger partial charge is 0.485 e. The Hall–Kier alpha value is -2.49. The van der Waals surface area contributed by atoms with Crippen LogP contribution in [0.25, 0.3) is 11.0 Å². The summed E-state index contributed by atoms with van der Waals surface area (Å²) in [5, 5.41) is 70.7. The topological polar surface area (TPSA) is 201 Å². The quantitative estimate of drug-likeness (QED) is 0.124. The van der Waals surface area contributed by atoms with Crippen LogP contribution in [0.3, 0.4) is 0 Å². The van der Waals surface area contributed by atoms with Gasteiger partial charge in [0, 0.05) is 36.8 Å². The number of nitrogens with one attached hydrogen (secondary N) is 1. The highest BCUT2D eigenvalue weighted by atomic mass is 16.7. The summed E-state index contributed by atoms with van der Waals surface area (Å²) < 4.78 is 29.5. The zero-order valence-corrected chi connectivity index (χ0v) is 24.5. The maximum absolute atomic E-state index is 12.4. The van der Waals surface area contributed by atoms with Crippen LogP contribution >= 0.6 is 0 Å². The van der Waals surface area contributed by atoms with Crippen LogP contribution in [0, 0.1) is 17.8 Å². The molecular formula is C30H43NO12. The number of aryl methyl sites for hydroxylation is 1. The van der Waals surface area contributed by atoms with Crippen molar-refractivity contribution in [3.05, 3.63) is 24.0 Å². The highest BCUT2D eigenvalue weighted by Crippen LogP contribution is 2.58. The third-order valence-corrected chi connectivity index (χ3v) is 9.39. The number of aliphatic hydroxyl groups is 6. The van der Waals surface area contributed by atoms with Gasteiger partial charge in [-0.3, -0.25) is 4.79 Å². The van der Waals surface area contributed by atoms with Gasteiger partial charge in [0.25, 0.3) is 0 Å². The van der Waals surface area contributed by atoms with E-state index >= 15 is 0 Å². The van der Waals surface area contributed by atoms with E-state index in [4.69, 9.17) is 23.4 Å². The number of benzene rings is 1. The molecule has 2 aromatic rings. The fourth-order valence-electron chi connectivity index (χ4n) is 7.36. The van der Waals surface area contributed by atoms with Gasteiger partial charge in [0.2, 0.25) is 12.0 Å². The molecule has 0 spiro atoms. The van der Waals surface area contributed by atoms with Crippen molar-refractivity contribution in [2.24, 2.45) is 17.8 Å². The fraction of sp³-hybridized carbons (Fsp3) is 0.700. The van der Waals surface area contributed by atoms with E-state index in [2.05, 4.69) is 5.32 Å². The van der Waals surface area contributed by atoms with E-state index in [1.807, 2.05) is 0 Å². The second kappa shape index (κ2) is 12.9. The number of fused-ring (bicyclic) bond motifs is 5. The number of hydrogen-bond acceptors (Lipinski definition) is 13. The average Bonchev–Trinajstić information content (AvgIpc) is 3.46. The van der Waals surface area contributed by atoms with Crippen molar-refractivity contribution in [3.63, 3.8) is 0 Å². The van der Waals surface area contributed by atoms with Gasteiger partial charge < -0.3 is 59.3 Å². The second-order valence-corrected chi connectivity index (χ2v) is 11.8. The van der Waals surface area contributed by atoms with Gasteiger partial charge >= 0.3 is 5.97 Å². The molecule has 7 N–H and O–H groups in total. The van der Waals surface area contributed by atoms with E-state index in [1.165, 1.54) is 6.26 Å². The van der Waals surface area contributed by atoms with E-state index in [1.54, 1.807) is 26.1 Å². The SMILES string of the molecule is CCOC(=O)CCc1cc2ccoc2c(OCCNC)c1O[C@H]1O[C@H](CO)[C@]2(O)C[C@@H]3CC[C@H](O)[C@H](CO)[C@@H]3[C@]1(O)[C@H]2O. The predicted octanol–water partition coefficient (Wildman–Crippen LogP) is -0.155. The Bertz CT molecular complexity index is 1270. The number of carbonyl (C=O) groups is 1. The normalized spacial score (nSPS) is 35.4. The number of ether oxygens (including phenoxy) is 4. The van der Waals surface area contributed by atoms with Gasteiger partial charge in [-0.05, 0) is 63.3 Å². The van der Waals surface area contributed by atoms with Crippen molar-refractivity contribution in [3.8, 4) is 11.5 Å². The molecule has 0 unspecified atom stereocenters. The van der Waals surface area contributed by atoms with Crippen LogP contribution in [0.1, 0.15) is 38.2 Å². The van der Waals surface area contributed by atoms with Crippen molar-refractivity contribution in [2.45, 2.75) is 74.8 Å². The van der Waals surface area contributed by atoms with Crippen molar-refractivity contribution in [2.75, 3.05) is 40.0 Å². The number of esters is 1. The molecular weight excluding hydrogens is 566 g/mol. The van der Waals surface area contributed by atoms with E-state index in [0.29, 0.717) is 35.9 Å². The van der Waals surface area contributed by atoms with Crippen LogP contribution in [-0.2, 0) is 20.7 Å².